The number of benzene rings is 2. The summed E-state index contributed by atoms with van der Waals surface area (Å²) < 4.78 is 0. The molecule has 2 unspecified atom stereocenters. The van der Waals surface area contributed by atoms with Gasteiger partial charge in [-0.2, -0.15) is 0 Å². The first-order valence-corrected chi connectivity index (χ1v) is 9.86. The van der Waals surface area contributed by atoms with E-state index in [-0.39, 0.29) is 29.3 Å². The van der Waals surface area contributed by atoms with E-state index in [4.69, 9.17) is 0 Å². The number of rotatable bonds is 3. The molecule has 1 aliphatic carbocycles. The number of nitrogens with one attached hydrogen (secondary N) is 1. The fraction of sp³-hybridized carbons (Fsp3) is 0.348. The van der Waals surface area contributed by atoms with Gasteiger partial charge in [0.2, 0.25) is 0 Å². The van der Waals surface area contributed by atoms with Crippen molar-refractivity contribution in [3.8, 4) is 0 Å². The molecule has 3 amide bonds. The summed E-state index contributed by atoms with van der Waals surface area (Å²) in [4.78, 5) is 39.5. The van der Waals surface area contributed by atoms with Crippen molar-refractivity contribution < 1.29 is 14.4 Å². The Morgan fingerprint density at radius 1 is 0.964 bits per heavy atom. The normalized spacial score (nSPS) is 21.6. The maximum atomic E-state index is 12.9. The van der Waals surface area contributed by atoms with Crippen molar-refractivity contribution >= 4 is 23.4 Å². The van der Waals surface area contributed by atoms with E-state index in [0.29, 0.717) is 22.7 Å². The molecule has 1 aliphatic heterocycles. The lowest BCUT2D eigenvalue weighted by atomic mass is 9.86. The van der Waals surface area contributed by atoms with Crippen molar-refractivity contribution in [2.75, 3.05) is 4.90 Å². The van der Waals surface area contributed by atoms with Gasteiger partial charge in [0.05, 0.1) is 16.8 Å². The van der Waals surface area contributed by atoms with Crippen LogP contribution in [0.1, 0.15) is 69.2 Å². The fourth-order valence-corrected chi connectivity index (χ4v) is 4.09. The van der Waals surface area contributed by atoms with Crippen molar-refractivity contribution in [2.45, 2.75) is 45.6 Å². The van der Waals surface area contributed by atoms with Crippen LogP contribution in [0, 0.1) is 12.8 Å². The third-order valence-corrected chi connectivity index (χ3v) is 5.87. The van der Waals surface area contributed by atoms with Gasteiger partial charge < -0.3 is 5.32 Å². The van der Waals surface area contributed by atoms with E-state index >= 15 is 0 Å². The van der Waals surface area contributed by atoms with Crippen LogP contribution in [0.15, 0.2) is 42.5 Å². The molecule has 2 aromatic rings. The molecule has 2 atom stereocenters. The van der Waals surface area contributed by atoms with Crippen LogP contribution in [-0.4, -0.2) is 23.8 Å². The highest BCUT2D eigenvalue weighted by Crippen LogP contribution is 2.30. The Bertz CT molecular complexity index is 949. The van der Waals surface area contributed by atoms with Crippen LogP contribution < -0.4 is 10.2 Å². The smallest absolute Gasteiger partial charge is 0.266 e. The lowest BCUT2D eigenvalue weighted by molar-refractivity contribution is 0.0906. The van der Waals surface area contributed by atoms with E-state index in [1.54, 1.807) is 30.3 Å². The van der Waals surface area contributed by atoms with E-state index in [0.717, 1.165) is 24.8 Å². The van der Waals surface area contributed by atoms with Crippen LogP contribution in [0.5, 0.6) is 0 Å². The predicted octanol–water partition coefficient (Wildman–Crippen LogP) is 4.10. The summed E-state index contributed by atoms with van der Waals surface area (Å²) in [5.74, 6) is -0.468. The van der Waals surface area contributed by atoms with Crippen molar-refractivity contribution in [1.82, 2.24) is 5.32 Å². The zero-order valence-corrected chi connectivity index (χ0v) is 16.2. The van der Waals surface area contributed by atoms with Gasteiger partial charge in [0.1, 0.15) is 0 Å². The molecule has 1 saturated carbocycles. The van der Waals surface area contributed by atoms with E-state index < -0.39 is 0 Å². The molecule has 4 rings (SSSR count). The van der Waals surface area contributed by atoms with Crippen LogP contribution in [0.4, 0.5) is 5.69 Å². The standard InChI is InChI=1S/C23H24N2O3/c1-14-7-10-17(11-8-14)25-22(27)18-12-9-16(13-19(18)23(25)28)21(26)24-20-6-4-3-5-15(20)2/h7-13,15,20H,3-6H2,1-2H3,(H,24,26). The van der Waals surface area contributed by atoms with Gasteiger partial charge in [-0.05, 0) is 56.0 Å². The second-order valence-electron chi connectivity index (χ2n) is 7.88. The molecule has 5 heteroatoms. The number of carbonyl (C=O) groups is 3. The second-order valence-corrected chi connectivity index (χ2v) is 7.88. The summed E-state index contributed by atoms with van der Waals surface area (Å²) in [5, 5.41) is 3.10. The number of hydrogen-bond acceptors (Lipinski definition) is 3. The Morgan fingerprint density at radius 3 is 2.36 bits per heavy atom. The van der Waals surface area contributed by atoms with Gasteiger partial charge in [0.25, 0.3) is 17.7 Å². The Hall–Kier alpha value is -2.95. The minimum Gasteiger partial charge on any atom is -0.349 e. The lowest BCUT2D eigenvalue weighted by Crippen LogP contribution is -2.41. The van der Waals surface area contributed by atoms with E-state index in [2.05, 4.69) is 12.2 Å². The van der Waals surface area contributed by atoms with Gasteiger partial charge in [0, 0.05) is 11.6 Å². The van der Waals surface area contributed by atoms with Gasteiger partial charge in [-0.25, -0.2) is 4.90 Å². The third-order valence-electron chi connectivity index (χ3n) is 5.87. The molecule has 0 bridgehead atoms. The Balaban J connectivity index is 1.58. The van der Waals surface area contributed by atoms with E-state index in [9.17, 15) is 14.4 Å². The summed E-state index contributed by atoms with van der Waals surface area (Å²) in [6.45, 7) is 4.11. The minimum atomic E-state index is -0.385. The van der Waals surface area contributed by atoms with Crippen LogP contribution in [0.25, 0.3) is 0 Å². The summed E-state index contributed by atoms with van der Waals surface area (Å²) in [6, 6.07) is 12.2. The van der Waals surface area contributed by atoms with Gasteiger partial charge in [-0.3, -0.25) is 14.4 Å². The number of imide groups is 1. The number of hydrogen-bond donors (Lipinski definition) is 1. The quantitative estimate of drug-likeness (QED) is 0.820. The lowest BCUT2D eigenvalue weighted by Gasteiger charge is -2.29. The Kier molecular flexibility index (Phi) is 4.75. The third kappa shape index (κ3) is 3.21. The van der Waals surface area contributed by atoms with Gasteiger partial charge >= 0.3 is 0 Å². The molecule has 0 saturated heterocycles. The molecule has 0 radical (unpaired) electrons. The SMILES string of the molecule is Cc1ccc(N2C(=O)c3ccc(C(=O)NC4CCCCC4C)cc3C2=O)cc1. The minimum absolute atomic E-state index is 0.163. The molecule has 0 aromatic heterocycles. The molecule has 1 N–H and O–H groups in total. The van der Waals surface area contributed by atoms with Crippen LogP contribution in [0.3, 0.4) is 0 Å². The van der Waals surface area contributed by atoms with E-state index in [1.165, 1.54) is 11.3 Å². The first kappa shape index (κ1) is 18.4. The average molecular weight is 376 g/mol. The molecule has 1 heterocycles. The summed E-state index contributed by atoms with van der Waals surface area (Å²) in [6.07, 6.45) is 4.43. The fourth-order valence-electron chi connectivity index (χ4n) is 4.09. The van der Waals surface area contributed by atoms with Crippen LogP contribution >= 0.6 is 0 Å². The first-order chi connectivity index (χ1) is 13.5. The number of amides is 3. The monoisotopic (exact) mass is 376 g/mol. The number of fused-ring (bicyclic) bond motifs is 1. The number of aryl methyl sites for hydroxylation is 1. The molecular formula is C23H24N2O3. The first-order valence-electron chi connectivity index (χ1n) is 9.86. The highest BCUT2D eigenvalue weighted by Gasteiger charge is 2.37. The topological polar surface area (TPSA) is 66.5 Å². The Morgan fingerprint density at radius 2 is 1.64 bits per heavy atom. The largest absolute Gasteiger partial charge is 0.349 e. The van der Waals surface area contributed by atoms with Crippen molar-refractivity contribution in [1.29, 1.82) is 0 Å². The molecule has 144 valence electrons. The summed E-state index contributed by atoms with van der Waals surface area (Å²) in [5.41, 5.74) is 2.64. The highest BCUT2D eigenvalue weighted by molar-refractivity contribution is 6.34. The van der Waals surface area contributed by atoms with E-state index in [1.807, 2.05) is 19.1 Å². The molecule has 2 aromatic carbocycles. The average Bonchev–Trinajstić information content (AvgIpc) is 2.94. The van der Waals surface area contributed by atoms with Gasteiger partial charge in [0.15, 0.2) is 0 Å². The van der Waals surface area contributed by atoms with Crippen LogP contribution in [0.2, 0.25) is 0 Å². The molecule has 28 heavy (non-hydrogen) atoms. The van der Waals surface area contributed by atoms with Crippen molar-refractivity contribution in [2.24, 2.45) is 5.92 Å². The zero-order chi connectivity index (χ0) is 19.8. The van der Waals surface area contributed by atoms with Crippen molar-refractivity contribution in [3.05, 3.63) is 64.7 Å². The molecule has 0 spiro atoms. The van der Waals surface area contributed by atoms with Gasteiger partial charge in [-0.1, -0.05) is 37.5 Å². The van der Waals surface area contributed by atoms with Crippen LogP contribution in [-0.2, 0) is 0 Å². The number of nitrogens with zero attached hydrogens (tertiary/aromatic N) is 1. The van der Waals surface area contributed by atoms with Gasteiger partial charge in [-0.15, -0.1) is 0 Å². The van der Waals surface area contributed by atoms with Crippen molar-refractivity contribution in [3.63, 3.8) is 0 Å². The second kappa shape index (κ2) is 7.23. The maximum Gasteiger partial charge on any atom is 0.266 e. The maximum absolute atomic E-state index is 12.9. The Labute approximate surface area is 164 Å². The molecule has 5 nitrogen and oxygen atoms in total. The number of anilines is 1. The molecular weight excluding hydrogens is 352 g/mol. The summed E-state index contributed by atoms with van der Waals surface area (Å²) in [7, 11) is 0. The summed E-state index contributed by atoms with van der Waals surface area (Å²) >= 11 is 0. The number of carbonyl (C=O) groups excluding carboxylic acids is 3. The molecule has 1 fully saturated rings. The highest BCUT2D eigenvalue weighted by atomic mass is 16.2. The predicted molar refractivity (Wildman–Crippen MR) is 108 cm³/mol. The molecule has 2 aliphatic rings. The zero-order valence-electron chi connectivity index (χ0n) is 16.2.